The predicted octanol–water partition coefficient (Wildman–Crippen LogP) is 3.38. The minimum atomic E-state index is -0.523. The van der Waals surface area contributed by atoms with Crippen molar-refractivity contribution in [1.29, 1.82) is 0 Å². The third-order valence-corrected chi connectivity index (χ3v) is 4.43. The first-order valence-corrected chi connectivity index (χ1v) is 9.86. The predicted molar refractivity (Wildman–Crippen MR) is 116 cm³/mol. The summed E-state index contributed by atoms with van der Waals surface area (Å²) in [5.74, 6) is -1.08. The Balaban J connectivity index is 1.79. The van der Waals surface area contributed by atoms with Crippen molar-refractivity contribution in [3.8, 4) is 11.5 Å². The molecular weight excluding hydrogens is 394 g/mol. The molecule has 0 aromatic heterocycles. The monoisotopic (exact) mass is 417 g/mol. The Morgan fingerprint density at radius 3 is 1.74 bits per heavy atom. The highest BCUT2D eigenvalue weighted by Gasteiger charge is 2.17. The number of hydrogen-bond acceptors (Lipinski definition) is 6. The molecule has 6 nitrogen and oxygen atoms in total. The molecule has 31 heavy (non-hydrogen) atoms. The van der Waals surface area contributed by atoms with Crippen molar-refractivity contribution in [2.75, 3.05) is 13.6 Å². The fourth-order valence-corrected chi connectivity index (χ4v) is 2.95. The lowest BCUT2D eigenvalue weighted by Gasteiger charge is -2.12. The molecule has 6 heteroatoms. The molecule has 0 fully saturated rings. The molecule has 0 amide bonds. The normalized spacial score (nSPS) is 10.4. The number of carbonyl (C=O) groups excluding carboxylic acids is 3. The van der Waals surface area contributed by atoms with Gasteiger partial charge in [-0.25, -0.2) is 0 Å². The van der Waals surface area contributed by atoms with E-state index in [1.807, 2.05) is 60.7 Å². The summed E-state index contributed by atoms with van der Waals surface area (Å²) in [6, 6.07) is 22.8. The molecule has 0 unspecified atom stereocenters. The van der Waals surface area contributed by atoms with Gasteiger partial charge in [-0.3, -0.25) is 14.4 Å². The van der Waals surface area contributed by atoms with Gasteiger partial charge in [0.2, 0.25) is 0 Å². The molecule has 0 spiro atoms. The van der Waals surface area contributed by atoms with Gasteiger partial charge in [-0.1, -0.05) is 60.7 Å². The van der Waals surface area contributed by atoms with Crippen molar-refractivity contribution < 1.29 is 23.9 Å². The Bertz CT molecular complexity index is 1050. The number of ketones is 1. The van der Waals surface area contributed by atoms with E-state index in [1.165, 1.54) is 12.1 Å². The zero-order valence-corrected chi connectivity index (χ0v) is 17.2. The van der Waals surface area contributed by atoms with Crippen molar-refractivity contribution in [1.82, 2.24) is 5.32 Å². The van der Waals surface area contributed by atoms with Gasteiger partial charge in [-0.05, 0) is 36.4 Å². The lowest BCUT2D eigenvalue weighted by Crippen LogP contribution is -2.19. The minimum absolute atomic E-state index is 0.0318. The quantitative estimate of drug-likeness (QED) is 0.327. The summed E-state index contributed by atoms with van der Waals surface area (Å²) in [6.07, 6.45) is 0.117. The number of likely N-dealkylation sites (N-methyl/N-ethyl adjacent to an activating group) is 1. The van der Waals surface area contributed by atoms with Gasteiger partial charge in [-0.2, -0.15) is 0 Å². The Labute approximate surface area is 180 Å². The van der Waals surface area contributed by atoms with Crippen LogP contribution in [0.5, 0.6) is 11.5 Å². The molecular formula is C25H23NO5. The molecule has 3 rings (SSSR count). The second-order valence-corrected chi connectivity index (χ2v) is 6.89. The van der Waals surface area contributed by atoms with Crippen LogP contribution in [0.4, 0.5) is 0 Å². The standard InChI is InChI=1S/C25H23NO5/c1-26-17-21(27)20-12-13-22(30-24(28)14-18-8-4-2-5-9-18)23(16-20)31-25(29)15-19-10-6-3-7-11-19/h2-13,16,26H,14-15,17H2,1H3. The first-order valence-electron chi connectivity index (χ1n) is 9.86. The summed E-state index contributed by atoms with van der Waals surface area (Å²) in [5, 5.41) is 2.79. The van der Waals surface area contributed by atoms with E-state index in [0.717, 1.165) is 11.1 Å². The zero-order valence-electron chi connectivity index (χ0n) is 17.2. The number of esters is 2. The fraction of sp³-hybridized carbons (Fsp3) is 0.160. The largest absolute Gasteiger partial charge is 0.422 e. The van der Waals surface area contributed by atoms with Crippen molar-refractivity contribution in [3.05, 3.63) is 95.6 Å². The van der Waals surface area contributed by atoms with Crippen molar-refractivity contribution in [2.24, 2.45) is 0 Å². The second-order valence-electron chi connectivity index (χ2n) is 6.89. The van der Waals surface area contributed by atoms with Gasteiger partial charge in [0.05, 0.1) is 19.4 Å². The maximum Gasteiger partial charge on any atom is 0.315 e. The van der Waals surface area contributed by atoms with Gasteiger partial charge >= 0.3 is 11.9 Å². The van der Waals surface area contributed by atoms with Crippen LogP contribution < -0.4 is 14.8 Å². The maximum absolute atomic E-state index is 12.5. The maximum atomic E-state index is 12.5. The Hall–Kier alpha value is -3.77. The third kappa shape index (κ3) is 6.62. The summed E-state index contributed by atoms with van der Waals surface area (Å²) in [6.45, 7) is 0.130. The van der Waals surface area contributed by atoms with Crippen LogP contribution in [-0.2, 0) is 22.4 Å². The van der Waals surface area contributed by atoms with E-state index in [-0.39, 0.29) is 36.7 Å². The molecule has 0 saturated heterocycles. The molecule has 0 saturated carbocycles. The van der Waals surface area contributed by atoms with E-state index in [0.29, 0.717) is 5.56 Å². The number of hydrogen-bond donors (Lipinski definition) is 1. The first kappa shape index (κ1) is 21.9. The Kier molecular flexibility index (Phi) is 7.67. The molecule has 3 aromatic rings. The molecule has 1 N–H and O–H groups in total. The molecule has 0 radical (unpaired) electrons. The number of rotatable bonds is 9. The number of ether oxygens (including phenoxy) is 2. The van der Waals surface area contributed by atoms with Crippen LogP contribution in [0.1, 0.15) is 21.5 Å². The van der Waals surface area contributed by atoms with Crippen LogP contribution >= 0.6 is 0 Å². The molecule has 0 bridgehead atoms. The van der Waals surface area contributed by atoms with E-state index in [2.05, 4.69) is 5.32 Å². The van der Waals surface area contributed by atoms with Crippen molar-refractivity contribution in [3.63, 3.8) is 0 Å². The van der Waals surface area contributed by atoms with Gasteiger partial charge in [-0.15, -0.1) is 0 Å². The summed E-state index contributed by atoms with van der Waals surface area (Å²) < 4.78 is 10.9. The van der Waals surface area contributed by atoms with Crippen LogP contribution in [0.2, 0.25) is 0 Å². The van der Waals surface area contributed by atoms with Gasteiger partial charge in [0, 0.05) is 5.56 Å². The Morgan fingerprint density at radius 1 is 0.710 bits per heavy atom. The van der Waals surface area contributed by atoms with E-state index in [4.69, 9.17) is 9.47 Å². The fourth-order valence-electron chi connectivity index (χ4n) is 2.95. The molecule has 0 aliphatic heterocycles. The highest BCUT2D eigenvalue weighted by Crippen LogP contribution is 2.29. The number of benzene rings is 3. The topological polar surface area (TPSA) is 81.7 Å². The lowest BCUT2D eigenvalue weighted by molar-refractivity contribution is -0.136. The number of carbonyl (C=O) groups is 3. The van der Waals surface area contributed by atoms with E-state index < -0.39 is 11.9 Å². The van der Waals surface area contributed by atoms with Crippen LogP contribution in [0.3, 0.4) is 0 Å². The molecule has 0 heterocycles. The SMILES string of the molecule is CNCC(=O)c1ccc(OC(=O)Cc2ccccc2)c(OC(=O)Cc2ccccc2)c1. The molecule has 0 atom stereocenters. The van der Waals surface area contributed by atoms with Crippen molar-refractivity contribution >= 4 is 17.7 Å². The van der Waals surface area contributed by atoms with Crippen LogP contribution in [0, 0.1) is 0 Å². The van der Waals surface area contributed by atoms with Crippen LogP contribution in [0.25, 0.3) is 0 Å². The van der Waals surface area contributed by atoms with E-state index in [9.17, 15) is 14.4 Å². The average molecular weight is 417 g/mol. The van der Waals surface area contributed by atoms with E-state index in [1.54, 1.807) is 13.1 Å². The Morgan fingerprint density at radius 2 is 1.23 bits per heavy atom. The van der Waals surface area contributed by atoms with Crippen LogP contribution in [0.15, 0.2) is 78.9 Å². The molecule has 0 aliphatic rings. The molecule has 158 valence electrons. The molecule has 0 aliphatic carbocycles. The van der Waals surface area contributed by atoms with Gasteiger partial charge < -0.3 is 14.8 Å². The number of nitrogens with one attached hydrogen (secondary N) is 1. The summed E-state index contributed by atoms with van der Waals surface area (Å²) in [7, 11) is 1.67. The first-order chi connectivity index (χ1) is 15.0. The van der Waals surface area contributed by atoms with Gasteiger partial charge in [0.25, 0.3) is 0 Å². The zero-order chi connectivity index (χ0) is 22.1. The number of Topliss-reactive ketones (excluding diaryl/α,β-unsaturated/α-hetero) is 1. The highest BCUT2D eigenvalue weighted by molar-refractivity contribution is 5.98. The second kappa shape index (κ2) is 10.8. The van der Waals surface area contributed by atoms with Crippen molar-refractivity contribution in [2.45, 2.75) is 12.8 Å². The molecule has 3 aromatic carbocycles. The third-order valence-electron chi connectivity index (χ3n) is 4.43. The average Bonchev–Trinajstić information content (AvgIpc) is 2.76. The minimum Gasteiger partial charge on any atom is -0.422 e. The highest BCUT2D eigenvalue weighted by atomic mass is 16.6. The van der Waals surface area contributed by atoms with Crippen LogP contribution in [-0.4, -0.2) is 31.3 Å². The lowest BCUT2D eigenvalue weighted by atomic mass is 10.1. The summed E-state index contributed by atoms with van der Waals surface area (Å²) in [5.41, 5.74) is 1.94. The van der Waals surface area contributed by atoms with E-state index >= 15 is 0 Å². The van der Waals surface area contributed by atoms with Gasteiger partial charge in [0.15, 0.2) is 17.3 Å². The summed E-state index contributed by atoms with van der Waals surface area (Å²) in [4.78, 5) is 37.1. The summed E-state index contributed by atoms with van der Waals surface area (Å²) >= 11 is 0. The van der Waals surface area contributed by atoms with Gasteiger partial charge in [0.1, 0.15) is 0 Å². The smallest absolute Gasteiger partial charge is 0.315 e.